The van der Waals surface area contributed by atoms with Crippen molar-refractivity contribution in [2.45, 2.75) is 56.5 Å². The smallest absolute Gasteiger partial charge is 0.233 e. The number of hydrogen-bond acceptors (Lipinski definition) is 3. The molecule has 3 aliphatic rings. The van der Waals surface area contributed by atoms with Crippen LogP contribution >= 0.6 is 0 Å². The highest BCUT2D eigenvalue weighted by Crippen LogP contribution is 2.38. The molecule has 3 fully saturated rings. The molecule has 3 saturated heterocycles. The third kappa shape index (κ3) is 2.86. The molecule has 1 aromatic rings. The fourth-order valence-corrected chi connectivity index (χ4v) is 4.65. The summed E-state index contributed by atoms with van der Waals surface area (Å²) >= 11 is 0. The van der Waals surface area contributed by atoms with E-state index in [-0.39, 0.29) is 0 Å². The van der Waals surface area contributed by atoms with Crippen LogP contribution in [0.2, 0.25) is 0 Å². The topological polar surface area (TPSA) is 41.6 Å². The number of benzene rings is 1. The zero-order chi connectivity index (χ0) is 16.6. The van der Waals surface area contributed by atoms with Gasteiger partial charge in [-0.1, -0.05) is 29.8 Å². The number of ether oxygens (including phenoxy) is 1. The molecule has 24 heavy (non-hydrogen) atoms. The third-order valence-corrected chi connectivity index (χ3v) is 6.17. The van der Waals surface area contributed by atoms with Crippen LogP contribution in [0.1, 0.15) is 43.2 Å². The molecule has 1 aromatic carbocycles. The second kappa shape index (κ2) is 6.49. The molecule has 2 bridgehead atoms. The molecule has 0 saturated carbocycles. The number of nitrogens with one attached hydrogen (secondary N) is 1. The number of likely N-dealkylation sites (tertiary alicyclic amines) is 1. The highest BCUT2D eigenvalue weighted by Gasteiger charge is 2.45. The lowest BCUT2D eigenvalue weighted by Gasteiger charge is -2.40. The average molecular weight is 328 g/mol. The van der Waals surface area contributed by atoms with Crippen LogP contribution in [0.3, 0.4) is 0 Å². The van der Waals surface area contributed by atoms with Gasteiger partial charge in [-0.2, -0.15) is 0 Å². The van der Waals surface area contributed by atoms with Crippen LogP contribution in [0, 0.1) is 6.92 Å². The Labute approximate surface area is 144 Å². The van der Waals surface area contributed by atoms with Crippen LogP contribution in [-0.4, -0.2) is 49.2 Å². The van der Waals surface area contributed by atoms with Crippen molar-refractivity contribution < 1.29 is 9.53 Å². The van der Waals surface area contributed by atoms with E-state index in [0.29, 0.717) is 31.2 Å². The molecule has 3 heterocycles. The minimum Gasteiger partial charge on any atom is -0.381 e. The quantitative estimate of drug-likeness (QED) is 0.906. The van der Waals surface area contributed by atoms with Gasteiger partial charge in [-0.05, 0) is 44.6 Å². The molecule has 130 valence electrons. The maximum absolute atomic E-state index is 13.6. The predicted octanol–water partition coefficient (Wildman–Crippen LogP) is 2.40. The average Bonchev–Trinajstić information content (AvgIpc) is 2.94. The second-order valence-electron chi connectivity index (χ2n) is 7.74. The number of fused-ring (bicyclic) bond motifs is 2. The molecule has 4 rings (SSSR count). The Hall–Kier alpha value is -1.39. The Bertz CT molecular complexity index is 592. The first-order valence-corrected chi connectivity index (χ1v) is 9.38. The van der Waals surface area contributed by atoms with Gasteiger partial charge in [0.25, 0.3) is 0 Å². The summed E-state index contributed by atoms with van der Waals surface area (Å²) in [5.74, 6) is 0.323. The Kier molecular flexibility index (Phi) is 4.35. The van der Waals surface area contributed by atoms with Gasteiger partial charge in [0.1, 0.15) is 0 Å². The van der Waals surface area contributed by atoms with E-state index in [1.165, 1.54) is 24.0 Å². The van der Waals surface area contributed by atoms with Crippen molar-refractivity contribution in [2.75, 3.05) is 26.3 Å². The van der Waals surface area contributed by atoms with Crippen molar-refractivity contribution >= 4 is 5.91 Å². The number of rotatable bonds is 2. The van der Waals surface area contributed by atoms with E-state index in [2.05, 4.69) is 41.4 Å². The lowest BCUT2D eigenvalue weighted by Crippen LogP contribution is -2.52. The van der Waals surface area contributed by atoms with Gasteiger partial charge in [0.15, 0.2) is 0 Å². The van der Waals surface area contributed by atoms with Gasteiger partial charge in [0, 0.05) is 38.4 Å². The third-order valence-electron chi connectivity index (χ3n) is 6.17. The van der Waals surface area contributed by atoms with Crippen molar-refractivity contribution in [3.8, 4) is 0 Å². The van der Waals surface area contributed by atoms with Crippen molar-refractivity contribution in [3.63, 3.8) is 0 Å². The van der Waals surface area contributed by atoms with Crippen molar-refractivity contribution in [1.82, 2.24) is 10.2 Å². The van der Waals surface area contributed by atoms with Crippen LogP contribution < -0.4 is 5.32 Å². The van der Waals surface area contributed by atoms with E-state index in [4.69, 9.17) is 4.74 Å². The van der Waals surface area contributed by atoms with E-state index in [0.717, 1.165) is 32.4 Å². The standard InChI is InChI=1S/C20H28N2O2/c1-15-2-4-16(5-3-15)20(9-12-24-13-10-20)19(23)22-11-8-17-6-7-18(14-22)21-17/h2-5,17-18,21H,6-14H2,1H3. The lowest BCUT2D eigenvalue weighted by molar-refractivity contribution is -0.141. The number of hydrogen-bond donors (Lipinski definition) is 1. The summed E-state index contributed by atoms with van der Waals surface area (Å²) in [5.41, 5.74) is 2.02. The van der Waals surface area contributed by atoms with Crippen LogP contribution in [0.5, 0.6) is 0 Å². The molecule has 1 N–H and O–H groups in total. The fourth-order valence-electron chi connectivity index (χ4n) is 4.65. The molecule has 2 atom stereocenters. The summed E-state index contributed by atoms with van der Waals surface area (Å²) in [4.78, 5) is 15.8. The first-order chi connectivity index (χ1) is 11.7. The van der Waals surface area contributed by atoms with E-state index < -0.39 is 5.41 Å². The zero-order valence-electron chi connectivity index (χ0n) is 14.6. The monoisotopic (exact) mass is 328 g/mol. The van der Waals surface area contributed by atoms with E-state index >= 15 is 0 Å². The molecule has 1 amide bonds. The van der Waals surface area contributed by atoms with Crippen LogP contribution in [0.4, 0.5) is 0 Å². The highest BCUT2D eigenvalue weighted by atomic mass is 16.5. The number of nitrogens with zero attached hydrogens (tertiary/aromatic N) is 1. The molecular formula is C20H28N2O2. The first kappa shape index (κ1) is 16.1. The molecule has 4 heteroatoms. The van der Waals surface area contributed by atoms with Gasteiger partial charge in [-0.15, -0.1) is 0 Å². The maximum atomic E-state index is 13.6. The molecule has 0 radical (unpaired) electrons. The minimum atomic E-state index is -0.393. The van der Waals surface area contributed by atoms with E-state index in [9.17, 15) is 4.79 Å². The predicted molar refractivity (Wildman–Crippen MR) is 94.1 cm³/mol. The summed E-state index contributed by atoms with van der Waals surface area (Å²) in [6, 6.07) is 9.66. The number of aryl methyl sites for hydroxylation is 1. The molecule has 3 aliphatic heterocycles. The Morgan fingerprint density at radius 3 is 2.58 bits per heavy atom. The van der Waals surface area contributed by atoms with Crippen molar-refractivity contribution in [1.29, 1.82) is 0 Å². The Morgan fingerprint density at radius 1 is 1.12 bits per heavy atom. The lowest BCUT2D eigenvalue weighted by atomic mass is 9.72. The normalized spacial score (nSPS) is 29.3. The fraction of sp³-hybridized carbons (Fsp3) is 0.650. The van der Waals surface area contributed by atoms with Crippen LogP contribution in [-0.2, 0) is 14.9 Å². The van der Waals surface area contributed by atoms with Gasteiger partial charge >= 0.3 is 0 Å². The van der Waals surface area contributed by atoms with Gasteiger partial charge in [-0.25, -0.2) is 0 Å². The van der Waals surface area contributed by atoms with E-state index in [1.54, 1.807) is 0 Å². The number of amides is 1. The second-order valence-corrected chi connectivity index (χ2v) is 7.74. The Balaban J connectivity index is 1.63. The Morgan fingerprint density at radius 2 is 1.83 bits per heavy atom. The SMILES string of the molecule is Cc1ccc(C2(C(=O)N3CCC4CCC(C3)N4)CCOCC2)cc1. The van der Waals surface area contributed by atoms with Gasteiger partial charge in [0.2, 0.25) is 5.91 Å². The molecule has 0 spiro atoms. The number of carbonyl (C=O) groups excluding carboxylic acids is 1. The zero-order valence-corrected chi connectivity index (χ0v) is 14.6. The summed E-state index contributed by atoms with van der Waals surface area (Å²) < 4.78 is 5.60. The van der Waals surface area contributed by atoms with Gasteiger partial charge < -0.3 is 15.0 Å². The summed E-state index contributed by atoms with van der Waals surface area (Å²) in [6.07, 6.45) is 5.15. The summed E-state index contributed by atoms with van der Waals surface area (Å²) in [7, 11) is 0. The molecule has 0 aromatic heterocycles. The van der Waals surface area contributed by atoms with E-state index in [1.807, 2.05) is 0 Å². The van der Waals surface area contributed by atoms with Crippen LogP contribution in [0.15, 0.2) is 24.3 Å². The number of carbonyl (C=O) groups is 1. The minimum absolute atomic E-state index is 0.323. The van der Waals surface area contributed by atoms with Crippen molar-refractivity contribution in [3.05, 3.63) is 35.4 Å². The molecular weight excluding hydrogens is 300 g/mol. The van der Waals surface area contributed by atoms with Gasteiger partial charge in [-0.3, -0.25) is 4.79 Å². The largest absolute Gasteiger partial charge is 0.381 e. The molecule has 4 nitrogen and oxygen atoms in total. The summed E-state index contributed by atoms with van der Waals surface area (Å²) in [5, 5.41) is 3.68. The van der Waals surface area contributed by atoms with Gasteiger partial charge in [0.05, 0.1) is 5.41 Å². The first-order valence-electron chi connectivity index (χ1n) is 9.38. The molecule has 2 unspecified atom stereocenters. The maximum Gasteiger partial charge on any atom is 0.233 e. The highest BCUT2D eigenvalue weighted by molar-refractivity contribution is 5.88. The summed E-state index contributed by atoms with van der Waals surface area (Å²) in [6.45, 7) is 5.21. The molecule has 0 aliphatic carbocycles. The van der Waals surface area contributed by atoms with Crippen molar-refractivity contribution in [2.24, 2.45) is 0 Å². The van der Waals surface area contributed by atoms with Crippen LogP contribution in [0.25, 0.3) is 0 Å².